The molecule has 3 rings (SSSR count). The summed E-state index contributed by atoms with van der Waals surface area (Å²) in [4.78, 5) is 17.8. The molecule has 1 aromatic heterocycles. The molecule has 0 spiro atoms. The van der Waals surface area contributed by atoms with Crippen LogP contribution in [0.3, 0.4) is 0 Å². The molecule has 0 aliphatic heterocycles. The van der Waals surface area contributed by atoms with Gasteiger partial charge in [0.2, 0.25) is 0 Å². The second kappa shape index (κ2) is 6.93. The zero-order valence-electron chi connectivity index (χ0n) is 14.7. The van der Waals surface area contributed by atoms with E-state index in [0.717, 1.165) is 12.1 Å². The number of hydrogen-bond donors (Lipinski definition) is 1. The van der Waals surface area contributed by atoms with E-state index in [2.05, 4.69) is 4.99 Å². The van der Waals surface area contributed by atoms with Gasteiger partial charge in [-0.1, -0.05) is 37.3 Å². The maximum Gasteiger partial charge on any atom is 0.268 e. The smallest absolute Gasteiger partial charge is 0.268 e. The molecule has 0 amide bonds. The first-order chi connectivity index (χ1) is 12.0. The Hall–Kier alpha value is -2.88. The number of benzene rings is 2. The van der Waals surface area contributed by atoms with Crippen LogP contribution in [0.5, 0.6) is 5.75 Å². The Kier molecular flexibility index (Phi) is 4.70. The average Bonchev–Trinajstić information content (AvgIpc) is 2.62. The van der Waals surface area contributed by atoms with Gasteiger partial charge in [0.1, 0.15) is 11.3 Å². The van der Waals surface area contributed by atoms with Crippen LogP contribution in [0, 0.1) is 0 Å². The van der Waals surface area contributed by atoms with E-state index in [4.69, 9.17) is 0 Å². The summed E-state index contributed by atoms with van der Waals surface area (Å²) in [5.41, 5.74) is 2.01. The van der Waals surface area contributed by atoms with Crippen molar-refractivity contribution in [3.8, 4) is 11.4 Å². The van der Waals surface area contributed by atoms with Gasteiger partial charge in [0.25, 0.3) is 5.56 Å². The molecule has 0 saturated carbocycles. The lowest BCUT2D eigenvalue weighted by Gasteiger charge is -2.15. The second-order valence-electron chi connectivity index (χ2n) is 6.19. The fraction of sp³-hybridized carbons (Fsp3) is 0.238. The van der Waals surface area contributed by atoms with Crippen LogP contribution >= 0.6 is 0 Å². The third kappa shape index (κ3) is 3.07. The Balaban J connectivity index is 2.40. The quantitative estimate of drug-likeness (QED) is 0.723. The lowest BCUT2D eigenvalue weighted by Crippen LogP contribution is -2.25. The molecule has 25 heavy (non-hydrogen) atoms. The van der Waals surface area contributed by atoms with E-state index in [1.54, 1.807) is 11.5 Å². The van der Waals surface area contributed by atoms with Gasteiger partial charge in [0, 0.05) is 22.8 Å². The number of fused-ring (bicyclic) bond motifs is 1. The van der Waals surface area contributed by atoms with Crippen molar-refractivity contribution in [3.05, 3.63) is 70.5 Å². The molecule has 1 N–H and O–H groups in total. The van der Waals surface area contributed by atoms with E-state index < -0.39 is 0 Å². The highest BCUT2D eigenvalue weighted by Gasteiger charge is 2.19. The molecule has 1 atom stereocenters. The Morgan fingerprint density at radius 3 is 2.44 bits per heavy atom. The van der Waals surface area contributed by atoms with E-state index in [9.17, 15) is 9.90 Å². The van der Waals surface area contributed by atoms with E-state index in [0.29, 0.717) is 16.6 Å². The third-order valence-corrected chi connectivity index (χ3v) is 4.43. The SMILES string of the molecule is CC[C@@H](C)N=C(C)c1c(O)c2ccccc2n(-c2ccccc2)c1=O. The van der Waals surface area contributed by atoms with E-state index in [-0.39, 0.29) is 22.9 Å². The molecule has 4 heteroatoms. The minimum Gasteiger partial charge on any atom is -0.506 e. The number of aromatic hydroxyl groups is 1. The van der Waals surface area contributed by atoms with Crippen LogP contribution in [0.25, 0.3) is 16.6 Å². The van der Waals surface area contributed by atoms with Crippen molar-refractivity contribution in [2.45, 2.75) is 33.2 Å². The molecule has 0 bridgehead atoms. The largest absolute Gasteiger partial charge is 0.506 e. The van der Waals surface area contributed by atoms with E-state index >= 15 is 0 Å². The predicted octanol–water partition coefficient (Wildman–Crippen LogP) is 4.30. The number of nitrogens with zero attached hydrogens (tertiary/aromatic N) is 2. The molecule has 0 aliphatic rings. The van der Waals surface area contributed by atoms with Crippen LogP contribution in [-0.4, -0.2) is 21.4 Å². The molecular formula is C21H22N2O2. The summed E-state index contributed by atoms with van der Waals surface area (Å²) >= 11 is 0. The summed E-state index contributed by atoms with van der Waals surface area (Å²) in [5, 5.41) is 11.4. The first kappa shape index (κ1) is 17.0. The van der Waals surface area contributed by atoms with Gasteiger partial charge in [-0.05, 0) is 44.5 Å². The molecule has 2 aromatic carbocycles. The van der Waals surface area contributed by atoms with Gasteiger partial charge in [-0.25, -0.2) is 0 Å². The van der Waals surface area contributed by atoms with Crippen molar-refractivity contribution in [2.24, 2.45) is 4.99 Å². The van der Waals surface area contributed by atoms with Crippen LogP contribution in [0.2, 0.25) is 0 Å². The second-order valence-corrected chi connectivity index (χ2v) is 6.19. The average molecular weight is 334 g/mol. The molecule has 0 unspecified atom stereocenters. The van der Waals surface area contributed by atoms with Gasteiger partial charge < -0.3 is 5.11 Å². The summed E-state index contributed by atoms with van der Waals surface area (Å²) in [6.45, 7) is 5.83. The summed E-state index contributed by atoms with van der Waals surface area (Å²) < 4.78 is 1.64. The van der Waals surface area contributed by atoms with Crippen molar-refractivity contribution in [3.63, 3.8) is 0 Å². The van der Waals surface area contributed by atoms with Crippen LogP contribution in [0.1, 0.15) is 32.8 Å². The predicted molar refractivity (Wildman–Crippen MR) is 103 cm³/mol. The van der Waals surface area contributed by atoms with Gasteiger partial charge >= 0.3 is 0 Å². The molecule has 3 aromatic rings. The Morgan fingerprint density at radius 2 is 1.76 bits per heavy atom. The minimum atomic E-state index is -0.257. The number of hydrogen-bond acceptors (Lipinski definition) is 3. The minimum absolute atomic E-state index is 0.00247. The monoisotopic (exact) mass is 334 g/mol. The number of pyridine rings is 1. The Morgan fingerprint density at radius 1 is 1.12 bits per heavy atom. The third-order valence-electron chi connectivity index (χ3n) is 4.43. The molecule has 1 heterocycles. The van der Waals surface area contributed by atoms with Gasteiger partial charge in [-0.15, -0.1) is 0 Å². The zero-order valence-corrected chi connectivity index (χ0v) is 14.7. The maximum absolute atomic E-state index is 13.2. The van der Waals surface area contributed by atoms with Crippen LogP contribution < -0.4 is 5.56 Å². The highest BCUT2D eigenvalue weighted by atomic mass is 16.3. The lowest BCUT2D eigenvalue weighted by atomic mass is 10.1. The van der Waals surface area contributed by atoms with E-state index in [1.165, 1.54) is 0 Å². The summed E-state index contributed by atoms with van der Waals surface area (Å²) in [6.07, 6.45) is 0.874. The normalized spacial score (nSPS) is 13.2. The molecule has 0 saturated heterocycles. The van der Waals surface area contributed by atoms with E-state index in [1.807, 2.05) is 68.4 Å². The number of aliphatic imine (C=N–C) groups is 1. The fourth-order valence-corrected chi connectivity index (χ4v) is 2.97. The number of rotatable bonds is 4. The van der Waals surface area contributed by atoms with Crippen LogP contribution in [-0.2, 0) is 0 Å². The summed E-state index contributed by atoms with van der Waals surface area (Å²) in [5.74, 6) is -0.00247. The standard InChI is InChI=1S/C21H22N2O2/c1-4-14(2)22-15(3)19-20(24)17-12-8-9-13-18(17)23(21(19)25)16-10-6-5-7-11-16/h5-14,24H,4H2,1-3H3/t14-/m1/s1. The van der Waals surface area contributed by atoms with Crippen molar-refractivity contribution in [1.82, 2.24) is 4.57 Å². The first-order valence-corrected chi connectivity index (χ1v) is 8.51. The fourth-order valence-electron chi connectivity index (χ4n) is 2.97. The topological polar surface area (TPSA) is 54.6 Å². The van der Waals surface area contributed by atoms with Gasteiger partial charge in [0.15, 0.2) is 0 Å². The molecule has 0 radical (unpaired) electrons. The molecule has 128 valence electrons. The van der Waals surface area contributed by atoms with Crippen molar-refractivity contribution in [1.29, 1.82) is 0 Å². The first-order valence-electron chi connectivity index (χ1n) is 8.51. The maximum atomic E-state index is 13.2. The highest BCUT2D eigenvalue weighted by Crippen LogP contribution is 2.28. The van der Waals surface area contributed by atoms with Gasteiger partial charge in [0.05, 0.1) is 5.52 Å². The van der Waals surface area contributed by atoms with Crippen molar-refractivity contribution >= 4 is 16.6 Å². The van der Waals surface area contributed by atoms with Gasteiger partial charge in [-0.2, -0.15) is 0 Å². The van der Waals surface area contributed by atoms with Crippen LogP contribution in [0.4, 0.5) is 0 Å². The Bertz CT molecular complexity index is 988. The molecule has 0 aliphatic carbocycles. The lowest BCUT2D eigenvalue weighted by molar-refractivity contribution is 0.478. The summed E-state index contributed by atoms with van der Waals surface area (Å²) in [6, 6.07) is 16.9. The molecular weight excluding hydrogens is 312 g/mol. The number of aromatic nitrogens is 1. The zero-order chi connectivity index (χ0) is 18.0. The van der Waals surface area contributed by atoms with Crippen molar-refractivity contribution in [2.75, 3.05) is 0 Å². The Labute approximate surface area is 147 Å². The number of para-hydroxylation sites is 2. The highest BCUT2D eigenvalue weighted by molar-refractivity contribution is 6.05. The van der Waals surface area contributed by atoms with Gasteiger partial charge in [-0.3, -0.25) is 14.4 Å². The van der Waals surface area contributed by atoms with Crippen LogP contribution in [0.15, 0.2) is 64.4 Å². The molecule has 0 fully saturated rings. The molecule has 4 nitrogen and oxygen atoms in total. The van der Waals surface area contributed by atoms with Crippen molar-refractivity contribution < 1.29 is 5.11 Å². The summed E-state index contributed by atoms with van der Waals surface area (Å²) in [7, 11) is 0.